The molecule has 0 spiro atoms. The van der Waals surface area contributed by atoms with Crippen LogP contribution in [-0.2, 0) is 11.3 Å². The van der Waals surface area contributed by atoms with Crippen molar-refractivity contribution in [2.45, 2.75) is 19.9 Å². The fourth-order valence-electron chi connectivity index (χ4n) is 2.71. The Morgan fingerprint density at radius 1 is 1.11 bits per heavy atom. The highest BCUT2D eigenvalue weighted by molar-refractivity contribution is 5.97. The van der Waals surface area contributed by atoms with E-state index in [-0.39, 0.29) is 30.3 Å². The molecule has 0 saturated heterocycles. The lowest BCUT2D eigenvalue weighted by Gasteiger charge is -2.09. The van der Waals surface area contributed by atoms with Gasteiger partial charge in [0.05, 0.1) is 17.2 Å². The number of nitrogens with zero attached hydrogens (tertiary/aromatic N) is 2. The first-order valence-electron chi connectivity index (χ1n) is 8.71. The Kier molecular flexibility index (Phi) is 5.61. The maximum atomic E-state index is 12.4. The number of fused-ring (bicyclic) bond motifs is 1. The normalized spacial score (nSPS) is 10.6. The summed E-state index contributed by atoms with van der Waals surface area (Å²) in [4.78, 5) is 40.8. The van der Waals surface area contributed by atoms with E-state index >= 15 is 0 Å². The van der Waals surface area contributed by atoms with Crippen molar-refractivity contribution in [1.82, 2.24) is 14.9 Å². The van der Waals surface area contributed by atoms with E-state index in [4.69, 9.17) is 0 Å². The van der Waals surface area contributed by atoms with E-state index in [2.05, 4.69) is 15.6 Å². The Labute approximate surface area is 156 Å². The largest absolute Gasteiger partial charge is 0.352 e. The maximum absolute atomic E-state index is 12.4. The Bertz CT molecular complexity index is 1040. The van der Waals surface area contributed by atoms with E-state index in [1.54, 1.807) is 42.5 Å². The first-order valence-corrected chi connectivity index (χ1v) is 8.71. The van der Waals surface area contributed by atoms with E-state index in [1.165, 1.54) is 10.9 Å². The molecule has 0 aliphatic heterocycles. The molecule has 2 N–H and O–H groups in total. The standard InChI is InChI=1S/C20H20N4O3/c1-2-21-19(26)14-6-5-7-15(12-14)23-18(25)10-11-24-13-22-17-9-4-3-8-16(17)20(24)27/h3-9,12-13H,2,10-11H2,1H3,(H,21,26)(H,23,25). The number of amides is 2. The van der Waals surface area contributed by atoms with E-state index in [9.17, 15) is 14.4 Å². The molecule has 7 nitrogen and oxygen atoms in total. The number of hydrogen-bond acceptors (Lipinski definition) is 4. The maximum Gasteiger partial charge on any atom is 0.261 e. The number of carbonyl (C=O) groups is 2. The van der Waals surface area contributed by atoms with Crippen LogP contribution in [-0.4, -0.2) is 27.9 Å². The van der Waals surface area contributed by atoms with Gasteiger partial charge in [0.2, 0.25) is 5.91 Å². The molecule has 0 radical (unpaired) electrons. The first-order chi connectivity index (χ1) is 13.1. The van der Waals surface area contributed by atoms with Crippen molar-refractivity contribution in [3.8, 4) is 0 Å². The Morgan fingerprint density at radius 2 is 1.93 bits per heavy atom. The molecule has 0 unspecified atom stereocenters. The van der Waals surface area contributed by atoms with Gasteiger partial charge in [-0.25, -0.2) is 4.98 Å². The van der Waals surface area contributed by atoms with Crippen LogP contribution in [0.25, 0.3) is 10.9 Å². The molecule has 7 heteroatoms. The first kappa shape index (κ1) is 18.3. The van der Waals surface area contributed by atoms with Crippen molar-refractivity contribution in [2.75, 3.05) is 11.9 Å². The van der Waals surface area contributed by atoms with E-state index in [1.807, 2.05) is 13.0 Å². The molecule has 27 heavy (non-hydrogen) atoms. The summed E-state index contributed by atoms with van der Waals surface area (Å²) in [5.41, 5.74) is 1.47. The summed E-state index contributed by atoms with van der Waals surface area (Å²) in [5, 5.41) is 5.99. The topological polar surface area (TPSA) is 93.1 Å². The van der Waals surface area contributed by atoms with Gasteiger partial charge in [-0.05, 0) is 37.3 Å². The van der Waals surface area contributed by atoms with Gasteiger partial charge in [-0.1, -0.05) is 18.2 Å². The number of para-hydroxylation sites is 1. The Morgan fingerprint density at radius 3 is 2.74 bits per heavy atom. The smallest absolute Gasteiger partial charge is 0.261 e. The molecule has 0 saturated carbocycles. The van der Waals surface area contributed by atoms with Crippen LogP contribution in [0.3, 0.4) is 0 Å². The van der Waals surface area contributed by atoms with E-state index in [0.717, 1.165) is 0 Å². The average Bonchev–Trinajstić information content (AvgIpc) is 2.68. The van der Waals surface area contributed by atoms with Gasteiger partial charge in [0, 0.05) is 30.8 Å². The fraction of sp³-hybridized carbons (Fsp3) is 0.200. The second-order valence-corrected chi connectivity index (χ2v) is 6.00. The summed E-state index contributed by atoms with van der Waals surface area (Å²) in [6.45, 7) is 2.59. The summed E-state index contributed by atoms with van der Waals surface area (Å²) in [5.74, 6) is -0.439. The van der Waals surface area contributed by atoms with Crippen LogP contribution in [0, 0.1) is 0 Å². The molecule has 2 aromatic carbocycles. The molecule has 0 aliphatic carbocycles. The van der Waals surface area contributed by atoms with Crippen molar-refractivity contribution < 1.29 is 9.59 Å². The molecule has 0 bridgehead atoms. The minimum atomic E-state index is -0.247. The summed E-state index contributed by atoms with van der Waals surface area (Å²) in [6, 6.07) is 13.8. The second-order valence-electron chi connectivity index (χ2n) is 6.00. The van der Waals surface area contributed by atoms with Crippen LogP contribution in [0.15, 0.2) is 59.7 Å². The van der Waals surface area contributed by atoms with Crippen LogP contribution < -0.4 is 16.2 Å². The third-order valence-electron chi connectivity index (χ3n) is 4.06. The molecular weight excluding hydrogens is 344 g/mol. The third kappa shape index (κ3) is 4.38. The van der Waals surface area contributed by atoms with Gasteiger partial charge in [-0.2, -0.15) is 0 Å². The highest BCUT2D eigenvalue weighted by Crippen LogP contribution is 2.11. The van der Waals surface area contributed by atoms with Gasteiger partial charge < -0.3 is 10.6 Å². The van der Waals surface area contributed by atoms with Crippen LogP contribution in [0.1, 0.15) is 23.7 Å². The van der Waals surface area contributed by atoms with Gasteiger partial charge in [-0.3, -0.25) is 19.0 Å². The lowest BCUT2D eigenvalue weighted by Crippen LogP contribution is -2.24. The monoisotopic (exact) mass is 364 g/mol. The predicted molar refractivity (Wildman–Crippen MR) is 104 cm³/mol. The van der Waals surface area contributed by atoms with Crippen molar-refractivity contribution in [3.63, 3.8) is 0 Å². The van der Waals surface area contributed by atoms with Crippen LogP contribution in [0.4, 0.5) is 5.69 Å². The molecule has 0 atom stereocenters. The van der Waals surface area contributed by atoms with E-state index < -0.39 is 0 Å². The van der Waals surface area contributed by atoms with Gasteiger partial charge in [-0.15, -0.1) is 0 Å². The minimum absolute atomic E-state index is 0.116. The zero-order valence-electron chi connectivity index (χ0n) is 14.9. The summed E-state index contributed by atoms with van der Waals surface area (Å²) < 4.78 is 1.42. The molecule has 3 aromatic rings. The fourth-order valence-corrected chi connectivity index (χ4v) is 2.71. The number of hydrogen-bond donors (Lipinski definition) is 2. The number of aromatic nitrogens is 2. The van der Waals surface area contributed by atoms with Gasteiger partial charge in [0.1, 0.15) is 0 Å². The van der Waals surface area contributed by atoms with Crippen molar-refractivity contribution in [3.05, 3.63) is 70.8 Å². The quantitative estimate of drug-likeness (QED) is 0.701. The van der Waals surface area contributed by atoms with Crippen LogP contribution >= 0.6 is 0 Å². The number of carbonyl (C=O) groups excluding carboxylic acids is 2. The van der Waals surface area contributed by atoms with Crippen molar-refractivity contribution >= 4 is 28.4 Å². The van der Waals surface area contributed by atoms with Crippen LogP contribution in [0.5, 0.6) is 0 Å². The number of anilines is 1. The Hall–Kier alpha value is -3.48. The van der Waals surface area contributed by atoms with Crippen molar-refractivity contribution in [1.29, 1.82) is 0 Å². The minimum Gasteiger partial charge on any atom is -0.352 e. The zero-order valence-corrected chi connectivity index (χ0v) is 14.9. The second kappa shape index (κ2) is 8.27. The van der Waals surface area contributed by atoms with Crippen LogP contribution in [0.2, 0.25) is 0 Å². The molecule has 1 heterocycles. The van der Waals surface area contributed by atoms with E-state index in [0.29, 0.717) is 28.7 Å². The number of benzene rings is 2. The van der Waals surface area contributed by atoms with Crippen molar-refractivity contribution in [2.24, 2.45) is 0 Å². The molecule has 3 rings (SSSR count). The lowest BCUT2D eigenvalue weighted by atomic mass is 10.2. The summed E-state index contributed by atoms with van der Waals surface area (Å²) in [6.07, 6.45) is 1.57. The highest BCUT2D eigenvalue weighted by atomic mass is 16.2. The Balaban J connectivity index is 1.65. The number of aryl methyl sites for hydroxylation is 1. The lowest BCUT2D eigenvalue weighted by molar-refractivity contribution is -0.116. The molecule has 138 valence electrons. The molecule has 0 fully saturated rings. The molecular formula is C20H20N4O3. The summed E-state index contributed by atoms with van der Waals surface area (Å²) in [7, 11) is 0. The molecule has 0 aliphatic rings. The average molecular weight is 364 g/mol. The SMILES string of the molecule is CCNC(=O)c1cccc(NC(=O)CCn2cnc3ccccc3c2=O)c1. The zero-order chi connectivity index (χ0) is 19.2. The highest BCUT2D eigenvalue weighted by Gasteiger charge is 2.09. The number of nitrogens with one attached hydrogen (secondary N) is 2. The van der Waals surface area contributed by atoms with Gasteiger partial charge >= 0.3 is 0 Å². The summed E-state index contributed by atoms with van der Waals surface area (Å²) >= 11 is 0. The van der Waals surface area contributed by atoms with Gasteiger partial charge in [0.15, 0.2) is 0 Å². The third-order valence-corrected chi connectivity index (χ3v) is 4.06. The number of rotatable bonds is 6. The molecule has 2 amide bonds. The molecule has 1 aromatic heterocycles. The van der Waals surface area contributed by atoms with Gasteiger partial charge in [0.25, 0.3) is 11.5 Å². The predicted octanol–water partition coefficient (Wildman–Crippen LogP) is 2.17.